The van der Waals surface area contributed by atoms with Crippen molar-refractivity contribution in [3.63, 3.8) is 0 Å². The van der Waals surface area contributed by atoms with Crippen molar-refractivity contribution in [2.45, 2.75) is 38.6 Å². The molecule has 0 amide bonds. The van der Waals surface area contributed by atoms with Crippen LogP contribution in [0.15, 0.2) is 36.5 Å². The van der Waals surface area contributed by atoms with E-state index in [1.54, 1.807) is 0 Å². The molecule has 1 aromatic heterocycles. The predicted octanol–water partition coefficient (Wildman–Crippen LogP) is 4.08. The van der Waals surface area contributed by atoms with E-state index in [1.807, 2.05) is 12.3 Å². The molecule has 0 saturated heterocycles. The molecule has 0 radical (unpaired) electrons. The third-order valence-electron chi connectivity index (χ3n) is 4.05. The summed E-state index contributed by atoms with van der Waals surface area (Å²) in [5.74, 6) is 0.990. The molecule has 1 aromatic carbocycles. The van der Waals surface area contributed by atoms with Crippen LogP contribution in [0.2, 0.25) is 0 Å². The van der Waals surface area contributed by atoms with Gasteiger partial charge in [-0.2, -0.15) is 0 Å². The van der Waals surface area contributed by atoms with E-state index in [1.165, 1.54) is 36.6 Å². The first kappa shape index (κ1) is 12.6. The topological polar surface area (TPSA) is 24.9 Å². The number of hydrogen-bond acceptors (Lipinski definition) is 2. The van der Waals surface area contributed by atoms with Crippen molar-refractivity contribution >= 4 is 10.9 Å². The molecule has 1 aliphatic carbocycles. The Labute approximate surface area is 115 Å². The van der Waals surface area contributed by atoms with Crippen LogP contribution in [-0.4, -0.2) is 11.5 Å². The Morgan fingerprint density at radius 2 is 2.11 bits per heavy atom. The van der Waals surface area contributed by atoms with Crippen LogP contribution < -0.4 is 5.32 Å². The van der Waals surface area contributed by atoms with Crippen LogP contribution in [0.25, 0.3) is 10.9 Å². The van der Waals surface area contributed by atoms with E-state index in [4.69, 9.17) is 0 Å². The average Bonchev–Trinajstić information content (AvgIpc) is 3.27. The maximum absolute atomic E-state index is 4.59. The number of aromatic nitrogens is 1. The Hall–Kier alpha value is -1.41. The van der Waals surface area contributed by atoms with Crippen LogP contribution in [0.5, 0.6) is 0 Å². The third-order valence-corrected chi connectivity index (χ3v) is 4.05. The van der Waals surface area contributed by atoms with Crippen LogP contribution in [0.1, 0.15) is 44.2 Å². The fourth-order valence-corrected chi connectivity index (χ4v) is 2.83. The van der Waals surface area contributed by atoms with Gasteiger partial charge in [-0.25, -0.2) is 0 Å². The summed E-state index contributed by atoms with van der Waals surface area (Å²) in [6, 6.07) is 11.1. The molecule has 0 bridgehead atoms. The minimum Gasteiger partial charge on any atom is -0.310 e. The molecule has 1 heterocycles. The van der Waals surface area contributed by atoms with Gasteiger partial charge in [-0.05, 0) is 36.9 Å². The highest BCUT2D eigenvalue weighted by atomic mass is 14.9. The van der Waals surface area contributed by atoms with E-state index in [9.17, 15) is 0 Å². The SMILES string of the molecule is CCNC(CCC1CC1)c1cccc2cccnc12. The fraction of sp³-hybridized carbons (Fsp3) is 0.471. The monoisotopic (exact) mass is 254 g/mol. The van der Waals surface area contributed by atoms with Crippen LogP contribution in [-0.2, 0) is 0 Å². The predicted molar refractivity (Wildman–Crippen MR) is 80.1 cm³/mol. The Morgan fingerprint density at radius 1 is 1.26 bits per heavy atom. The normalized spacial score (nSPS) is 16.7. The summed E-state index contributed by atoms with van der Waals surface area (Å²) in [6.45, 7) is 3.20. The molecule has 1 atom stereocenters. The molecule has 1 N–H and O–H groups in total. The molecule has 1 aliphatic rings. The summed E-state index contributed by atoms with van der Waals surface area (Å²) in [5.41, 5.74) is 2.52. The average molecular weight is 254 g/mol. The lowest BCUT2D eigenvalue weighted by atomic mass is 9.97. The number of benzene rings is 1. The molecule has 3 rings (SSSR count). The van der Waals surface area contributed by atoms with Gasteiger partial charge in [0.15, 0.2) is 0 Å². The molecule has 0 aliphatic heterocycles. The lowest BCUT2D eigenvalue weighted by Crippen LogP contribution is -2.21. The minimum atomic E-state index is 0.448. The number of hydrogen-bond donors (Lipinski definition) is 1. The summed E-state index contributed by atoms with van der Waals surface area (Å²) in [6.07, 6.45) is 7.35. The number of rotatable bonds is 6. The van der Waals surface area contributed by atoms with Crippen molar-refractivity contribution in [2.75, 3.05) is 6.54 Å². The van der Waals surface area contributed by atoms with Crippen molar-refractivity contribution in [3.8, 4) is 0 Å². The van der Waals surface area contributed by atoms with Crippen molar-refractivity contribution in [1.82, 2.24) is 10.3 Å². The molecule has 1 unspecified atom stereocenters. The zero-order chi connectivity index (χ0) is 13.1. The second-order valence-corrected chi connectivity index (χ2v) is 5.55. The van der Waals surface area contributed by atoms with Gasteiger partial charge < -0.3 is 5.32 Å². The number of nitrogens with zero attached hydrogens (tertiary/aromatic N) is 1. The van der Waals surface area contributed by atoms with E-state index < -0.39 is 0 Å². The summed E-state index contributed by atoms with van der Waals surface area (Å²) < 4.78 is 0. The molecule has 0 spiro atoms. The molecule has 19 heavy (non-hydrogen) atoms. The third kappa shape index (κ3) is 2.95. The molecule has 1 fully saturated rings. The first-order valence-corrected chi connectivity index (χ1v) is 7.45. The Kier molecular flexibility index (Phi) is 3.79. The lowest BCUT2D eigenvalue weighted by Gasteiger charge is -2.19. The van der Waals surface area contributed by atoms with Gasteiger partial charge in [0.25, 0.3) is 0 Å². The Balaban J connectivity index is 1.89. The quantitative estimate of drug-likeness (QED) is 0.840. The first-order valence-electron chi connectivity index (χ1n) is 7.45. The molecule has 1 saturated carbocycles. The van der Waals surface area contributed by atoms with Gasteiger partial charge >= 0.3 is 0 Å². The van der Waals surface area contributed by atoms with Crippen molar-refractivity contribution in [1.29, 1.82) is 0 Å². The second kappa shape index (κ2) is 5.70. The highest BCUT2D eigenvalue weighted by Crippen LogP contribution is 2.36. The molecule has 2 aromatic rings. The molecular formula is C17H22N2. The number of para-hydroxylation sites is 1. The minimum absolute atomic E-state index is 0.448. The largest absolute Gasteiger partial charge is 0.310 e. The van der Waals surface area contributed by atoms with Crippen LogP contribution in [0.3, 0.4) is 0 Å². The van der Waals surface area contributed by atoms with Crippen LogP contribution >= 0.6 is 0 Å². The van der Waals surface area contributed by atoms with Gasteiger partial charge in [0.05, 0.1) is 5.52 Å². The zero-order valence-electron chi connectivity index (χ0n) is 11.6. The Bertz CT molecular complexity index is 540. The van der Waals surface area contributed by atoms with E-state index in [2.05, 4.69) is 41.5 Å². The molecule has 2 nitrogen and oxygen atoms in total. The number of fused-ring (bicyclic) bond motifs is 1. The van der Waals surface area contributed by atoms with Crippen molar-refractivity contribution in [2.24, 2.45) is 5.92 Å². The van der Waals surface area contributed by atoms with Gasteiger partial charge in [0.1, 0.15) is 0 Å². The van der Waals surface area contributed by atoms with Crippen LogP contribution in [0, 0.1) is 5.92 Å². The van der Waals surface area contributed by atoms with E-state index in [-0.39, 0.29) is 0 Å². The summed E-state index contributed by atoms with van der Waals surface area (Å²) in [5, 5.41) is 4.88. The van der Waals surface area contributed by atoms with Gasteiger partial charge in [-0.1, -0.05) is 44.0 Å². The van der Waals surface area contributed by atoms with Gasteiger partial charge in [-0.15, -0.1) is 0 Å². The molecular weight excluding hydrogens is 232 g/mol. The van der Waals surface area contributed by atoms with Crippen molar-refractivity contribution < 1.29 is 0 Å². The number of pyridine rings is 1. The lowest BCUT2D eigenvalue weighted by molar-refractivity contribution is 0.484. The zero-order valence-corrected chi connectivity index (χ0v) is 11.6. The van der Waals surface area contributed by atoms with Crippen molar-refractivity contribution in [3.05, 3.63) is 42.1 Å². The second-order valence-electron chi connectivity index (χ2n) is 5.55. The molecule has 2 heteroatoms. The number of nitrogens with one attached hydrogen (secondary N) is 1. The highest BCUT2D eigenvalue weighted by Gasteiger charge is 2.23. The first-order chi connectivity index (χ1) is 9.38. The smallest absolute Gasteiger partial charge is 0.0749 e. The van der Waals surface area contributed by atoms with Gasteiger partial charge in [0, 0.05) is 17.6 Å². The van der Waals surface area contributed by atoms with E-state index in [0.29, 0.717) is 6.04 Å². The maximum Gasteiger partial charge on any atom is 0.0749 e. The summed E-state index contributed by atoms with van der Waals surface area (Å²) in [4.78, 5) is 4.59. The summed E-state index contributed by atoms with van der Waals surface area (Å²) in [7, 11) is 0. The summed E-state index contributed by atoms with van der Waals surface area (Å²) >= 11 is 0. The van der Waals surface area contributed by atoms with Gasteiger partial charge in [-0.3, -0.25) is 4.98 Å². The molecule has 100 valence electrons. The highest BCUT2D eigenvalue weighted by molar-refractivity contribution is 5.81. The van der Waals surface area contributed by atoms with E-state index >= 15 is 0 Å². The maximum atomic E-state index is 4.59. The van der Waals surface area contributed by atoms with Gasteiger partial charge in [0.2, 0.25) is 0 Å². The fourth-order valence-electron chi connectivity index (χ4n) is 2.83. The van der Waals surface area contributed by atoms with E-state index in [0.717, 1.165) is 18.0 Å². The standard InChI is InChI=1S/C17H22N2/c1-2-18-16(11-10-13-8-9-13)15-7-3-5-14-6-4-12-19-17(14)15/h3-7,12-13,16,18H,2,8-11H2,1H3. The van der Waals surface area contributed by atoms with Crippen LogP contribution in [0.4, 0.5) is 0 Å². The Morgan fingerprint density at radius 3 is 2.89 bits per heavy atom.